The van der Waals surface area contributed by atoms with Gasteiger partial charge in [-0.15, -0.1) is 0 Å². The normalized spacial score (nSPS) is 38.9. The summed E-state index contributed by atoms with van der Waals surface area (Å²) in [5, 5.41) is 90.1. The first kappa shape index (κ1) is 44.8. The lowest BCUT2D eigenvalue weighted by atomic mass is 9.99. The van der Waals surface area contributed by atoms with Crippen LogP contribution < -0.4 is 0 Å². The van der Waals surface area contributed by atoms with E-state index in [2.05, 4.69) is 0 Å². The van der Waals surface area contributed by atoms with Crippen LogP contribution in [-0.4, -0.2) is 183 Å². The fourth-order valence-electron chi connectivity index (χ4n) is 4.77. The van der Waals surface area contributed by atoms with E-state index < -0.39 is 102 Å². The topological polar surface area (TPSA) is 288 Å². The van der Waals surface area contributed by atoms with Crippen LogP contribution in [0, 0.1) is 0 Å². The molecule has 3 aliphatic rings. The van der Waals surface area contributed by atoms with Crippen LogP contribution in [0.2, 0.25) is 0 Å². The summed E-state index contributed by atoms with van der Waals surface area (Å²) in [5.41, 5.74) is 0. The molecule has 3 fully saturated rings. The standard InChI is InChI=1S/C27H51O19P.C2H6/c1-2-47(37)41-11-7-6-9-38-12-15-22(35)44-23(36)27(43-15)46-26-21(34)18(31)20(33)25(45-26)40-13-14-16(29)17(30)19(32)24(42-14)39-10-5-3-4-8-28;1-2/h14-37H,2-13H2,1H3;1-2H3/p+1. The molecule has 0 spiro atoms. The van der Waals surface area contributed by atoms with Crippen LogP contribution in [0.4, 0.5) is 0 Å². The monoisotopic (exact) mass is 741 g/mol. The lowest BCUT2D eigenvalue weighted by molar-refractivity contribution is -0.435. The van der Waals surface area contributed by atoms with Gasteiger partial charge in [0.25, 0.3) is 0 Å². The number of aliphatic hydroxyl groups excluding tert-OH is 8. The van der Waals surface area contributed by atoms with Gasteiger partial charge in [-0.1, -0.05) is 20.8 Å². The van der Waals surface area contributed by atoms with Crippen molar-refractivity contribution in [3.8, 4) is 0 Å². The first-order valence-corrected chi connectivity index (χ1v) is 18.1. The van der Waals surface area contributed by atoms with Gasteiger partial charge in [0, 0.05) is 25.8 Å². The number of aliphatic hydroxyl groups is 8. The van der Waals surface area contributed by atoms with Gasteiger partial charge in [0.1, 0.15) is 55.4 Å². The molecule has 0 bridgehead atoms. The van der Waals surface area contributed by atoms with Crippen molar-refractivity contribution in [1.29, 1.82) is 0 Å². The zero-order valence-corrected chi connectivity index (χ0v) is 29.1. The fraction of sp³-hybridized carbons (Fsp3) is 1.00. The molecule has 20 heteroatoms. The molecule has 0 saturated carbocycles. The number of hydrogen-bond donors (Lipinski definition) is 9. The summed E-state index contributed by atoms with van der Waals surface area (Å²) in [5.74, 6) is 0. The van der Waals surface area contributed by atoms with Crippen molar-refractivity contribution in [1.82, 2.24) is 0 Å². The van der Waals surface area contributed by atoms with E-state index in [9.17, 15) is 45.7 Å². The molecule has 15 unspecified atom stereocenters. The minimum absolute atomic E-state index is 0.162. The van der Waals surface area contributed by atoms with Crippen LogP contribution in [0.1, 0.15) is 52.9 Å². The van der Waals surface area contributed by atoms with Gasteiger partial charge in [0.2, 0.25) is 12.6 Å². The molecule has 19 nitrogen and oxygen atoms in total. The molecule has 0 aromatic rings. The average Bonchev–Trinajstić information content (AvgIpc) is 3.10. The number of rotatable bonds is 20. The Morgan fingerprint density at radius 2 is 1.16 bits per heavy atom. The predicted octanol–water partition coefficient (Wildman–Crippen LogP) is -2.95. The molecule has 49 heavy (non-hydrogen) atoms. The van der Waals surface area contributed by atoms with E-state index in [4.69, 9.17) is 47.5 Å². The molecule has 0 aliphatic carbocycles. The van der Waals surface area contributed by atoms with Crippen molar-refractivity contribution in [3.05, 3.63) is 0 Å². The second kappa shape index (κ2) is 24.1. The molecule has 0 radical (unpaired) electrons. The second-order valence-electron chi connectivity index (χ2n) is 11.3. The van der Waals surface area contributed by atoms with Crippen LogP contribution in [0.3, 0.4) is 0 Å². The number of ether oxygens (including phenoxy) is 8. The molecule has 3 heterocycles. The van der Waals surface area contributed by atoms with E-state index in [1.807, 2.05) is 20.8 Å². The summed E-state index contributed by atoms with van der Waals surface area (Å²) >= 11 is 0. The lowest BCUT2D eigenvalue weighted by Gasteiger charge is -2.44. The summed E-state index contributed by atoms with van der Waals surface area (Å²) in [7, 11) is -1.42. The third-order valence-electron chi connectivity index (χ3n) is 7.61. The van der Waals surface area contributed by atoms with Crippen molar-refractivity contribution in [2.24, 2.45) is 0 Å². The van der Waals surface area contributed by atoms with Crippen molar-refractivity contribution < 1.29 is 93.3 Å². The maximum atomic E-state index is 10.5. The summed E-state index contributed by atoms with van der Waals surface area (Å²) in [6, 6.07) is 0. The highest BCUT2D eigenvalue weighted by Crippen LogP contribution is 2.31. The molecule has 0 aromatic heterocycles. The molecule has 3 aliphatic heterocycles. The predicted molar refractivity (Wildman–Crippen MR) is 167 cm³/mol. The van der Waals surface area contributed by atoms with E-state index in [-0.39, 0.29) is 26.4 Å². The Morgan fingerprint density at radius 1 is 0.571 bits per heavy atom. The van der Waals surface area contributed by atoms with Gasteiger partial charge in [0.15, 0.2) is 33.5 Å². The number of unbranched alkanes of at least 4 members (excludes halogenated alkanes) is 3. The molecule has 3 saturated heterocycles. The van der Waals surface area contributed by atoms with Crippen LogP contribution in [-0.2, 0) is 42.4 Å². The van der Waals surface area contributed by atoms with Gasteiger partial charge in [-0.25, -0.2) is 0 Å². The molecule has 292 valence electrons. The Hall–Kier alpha value is -0.330. The highest BCUT2D eigenvalue weighted by atomic mass is 31.2. The van der Waals surface area contributed by atoms with Gasteiger partial charge < -0.3 is 93.3 Å². The first-order valence-electron chi connectivity index (χ1n) is 16.7. The van der Waals surface area contributed by atoms with E-state index in [0.29, 0.717) is 44.9 Å². The highest BCUT2D eigenvalue weighted by Gasteiger charge is 2.50. The minimum Gasteiger partial charge on any atom is -0.445 e. The zero-order chi connectivity index (χ0) is 36.5. The Bertz CT molecular complexity index is 851. The average molecular weight is 742 g/mol. The highest BCUT2D eigenvalue weighted by molar-refractivity contribution is 7.46. The maximum absolute atomic E-state index is 10.5. The second-order valence-corrected chi connectivity index (χ2v) is 12.8. The van der Waals surface area contributed by atoms with E-state index >= 15 is 0 Å². The molecule has 0 aromatic carbocycles. The Morgan fingerprint density at radius 3 is 1.84 bits per heavy atom. The third kappa shape index (κ3) is 14.2. The van der Waals surface area contributed by atoms with Gasteiger partial charge in [-0.3, -0.25) is 0 Å². The van der Waals surface area contributed by atoms with Crippen LogP contribution in [0.25, 0.3) is 0 Å². The van der Waals surface area contributed by atoms with E-state index in [1.165, 1.54) is 0 Å². The van der Waals surface area contributed by atoms with Crippen LogP contribution >= 0.6 is 8.38 Å². The molecule has 0 amide bonds. The minimum atomic E-state index is -1.88. The largest absolute Gasteiger partial charge is 0.445 e. The van der Waals surface area contributed by atoms with E-state index in [1.54, 1.807) is 0 Å². The van der Waals surface area contributed by atoms with Crippen LogP contribution in [0.5, 0.6) is 0 Å². The molecular weight excluding hydrogens is 683 g/mol. The van der Waals surface area contributed by atoms with Gasteiger partial charge in [0.05, 0.1) is 19.8 Å². The maximum Gasteiger partial charge on any atom is 0.212 e. The zero-order valence-electron chi connectivity index (χ0n) is 28.2. The number of hydrogen-bond acceptors (Lipinski definition) is 18. The quantitative estimate of drug-likeness (QED) is 0.0342. The molecular formula is C29H58O19P+. The lowest BCUT2D eigenvalue weighted by Crippen LogP contribution is -2.62. The first-order chi connectivity index (χ1) is 23.5. The van der Waals surface area contributed by atoms with Gasteiger partial charge in [-0.05, 0) is 25.7 Å². The third-order valence-corrected chi connectivity index (χ3v) is 8.63. The SMILES string of the molecule is CC.CCP(O)OCCCCOCC1OC(OC2OC(OCC3OC(OCCCCC[OH2+])C(O)C(O)C3O)C(O)C(O)C2O)C(O)OC1O. The summed E-state index contributed by atoms with van der Waals surface area (Å²) in [6.45, 7) is 6.17. The smallest absolute Gasteiger partial charge is 0.212 e. The molecule has 3 rings (SSSR count). The Kier molecular flexibility index (Phi) is 22.0. The van der Waals surface area contributed by atoms with Crippen molar-refractivity contribution in [2.75, 3.05) is 45.8 Å². The van der Waals surface area contributed by atoms with Gasteiger partial charge >= 0.3 is 0 Å². The Labute approximate surface area is 287 Å². The summed E-state index contributed by atoms with van der Waals surface area (Å²) in [6.07, 6.45) is -19.0. The summed E-state index contributed by atoms with van der Waals surface area (Å²) < 4.78 is 48.9. The van der Waals surface area contributed by atoms with E-state index in [0.717, 1.165) is 0 Å². The van der Waals surface area contributed by atoms with Crippen molar-refractivity contribution in [3.63, 3.8) is 0 Å². The van der Waals surface area contributed by atoms with Gasteiger partial charge in [-0.2, -0.15) is 0 Å². The Balaban J connectivity index is 0.00000409. The molecule has 11 N–H and O–H groups in total. The molecule has 15 atom stereocenters. The summed E-state index contributed by atoms with van der Waals surface area (Å²) in [4.78, 5) is 9.47. The van der Waals surface area contributed by atoms with Crippen molar-refractivity contribution in [2.45, 2.75) is 139 Å². The van der Waals surface area contributed by atoms with Crippen molar-refractivity contribution >= 4 is 8.38 Å². The fourth-order valence-corrected chi connectivity index (χ4v) is 5.30. The van der Waals surface area contributed by atoms with Crippen LogP contribution in [0.15, 0.2) is 0 Å².